The van der Waals surface area contributed by atoms with Crippen LogP contribution in [0, 0.1) is 15.5 Å². The molecule has 0 heterocycles. The standard InChI is InChI=1S/C13H10N2O3/c14-13(9-4-2-1-3-5-9)11-8-10(15(17)18)6-7-12(11)16/h1-8,14,16H. The van der Waals surface area contributed by atoms with E-state index in [1.807, 2.05) is 6.07 Å². The highest BCUT2D eigenvalue weighted by molar-refractivity contribution is 6.12. The second-order valence-electron chi connectivity index (χ2n) is 3.70. The lowest BCUT2D eigenvalue weighted by Crippen LogP contribution is -2.02. The Kier molecular flexibility index (Phi) is 3.05. The van der Waals surface area contributed by atoms with E-state index in [-0.39, 0.29) is 22.7 Å². The molecule has 5 nitrogen and oxygen atoms in total. The van der Waals surface area contributed by atoms with Crippen molar-refractivity contribution in [3.63, 3.8) is 0 Å². The summed E-state index contributed by atoms with van der Waals surface area (Å²) in [4.78, 5) is 10.1. The van der Waals surface area contributed by atoms with Gasteiger partial charge in [0, 0.05) is 23.3 Å². The van der Waals surface area contributed by atoms with Gasteiger partial charge in [-0.15, -0.1) is 0 Å². The van der Waals surface area contributed by atoms with Gasteiger partial charge in [0.05, 0.1) is 10.6 Å². The van der Waals surface area contributed by atoms with Gasteiger partial charge in [-0.2, -0.15) is 0 Å². The topological polar surface area (TPSA) is 87.2 Å². The molecule has 0 atom stereocenters. The molecule has 0 fully saturated rings. The van der Waals surface area contributed by atoms with E-state index in [2.05, 4.69) is 0 Å². The molecule has 2 rings (SSSR count). The van der Waals surface area contributed by atoms with Gasteiger partial charge in [-0.25, -0.2) is 0 Å². The highest BCUT2D eigenvalue weighted by Gasteiger charge is 2.14. The maximum absolute atomic E-state index is 10.7. The first-order chi connectivity index (χ1) is 8.59. The van der Waals surface area contributed by atoms with E-state index < -0.39 is 4.92 Å². The van der Waals surface area contributed by atoms with Gasteiger partial charge >= 0.3 is 0 Å². The molecule has 0 spiro atoms. The van der Waals surface area contributed by atoms with E-state index in [0.29, 0.717) is 5.56 Å². The van der Waals surface area contributed by atoms with E-state index in [1.165, 1.54) is 18.2 Å². The zero-order chi connectivity index (χ0) is 13.1. The van der Waals surface area contributed by atoms with Crippen molar-refractivity contribution in [2.75, 3.05) is 0 Å². The number of aromatic hydroxyl groups is 1. The molecule has 0 bridgehead atoms. The third-order valence-electron chi connectivity index (χ3n) is 2.52. The molecule has 0 amide bonds. The van der Waals surface area contributed by atoms with E-state index in [1.54, 1.807) is 24.3 Å². The number of benzene rings is 2. The summed E-state index contributed by atoms with van der Waals surface area (Å²) in [7, 11) is 0. The average Bonchev–Trinajstić information content (AvgIpc) is 2.39. The Morgan fingerprint density at radius 2 is 1.83 bits per heavy atom. The van der Waals surface area contributed by atoms with E-state index >= 15 is 0 Å². The number of nitrogens with one attached hydrogen (secondary N) is 1. The van der Waals surface area contributed by atoms with Crippen molar-refractivity contribution in [3.05, 3.63) is 69.8 Å². The van der Waals surface area contributed by atoms with Gasteiger partial charge in [0.25, 0.3) is 5.69 Å². The van der Waals surface area contributed by atoms with E-state index in [0.717, 1.165) is 0 Å². The lowest BCUT2D eigenvalue weighted by Gasteiger charge is -2.06. The van der Waals surface area contributed by atoms with Crippen LogP contribution in [-0.2, 0) is 0 Å². The minimum absolute atomic E-state index is 0.0526. The fraction of sp³-hybridized carbons (Fsp3) is 0. The van der Waals surface area contributed by atoms with Gasteiger partial charge in [-0.1, -0.05) is 30.3 Å². The molecule has 90 valence electrons. The van der Waals surface area contributed by atoms with Crippen molar-refractivity contribution in [1.29, 1.82) is 5.41 Å². The summed E-state index contributed by atoms with van der Waals surface area (Å²) >= 11 is 0. The van der Waals surface area contributed by atoms with Crippen LogP contribution in [0.4, 0.5) is 5.69 Å². The summed E-state index contributed by atoms with van der Waals surface area (Å²) in [6.07, 6.45) is 0. The van der Waals surface area contributed by atoms with Crippen LogP contribution in [0.2, 0.25) is 0 Å². The lowest BCUT2D eigenvalue weighted by atomic mass is 10.0. The van der Waals surface area contributed by atoms with Crippen molar-refractivity contribution in [1.82, 2.24) is 0 Å². The Labute approximate surface area is 103 Å². The van der Waals surface area contributed by atoms with Gasteiger partial charge in [-0.05, 0) is 6.07 Å². The highest BCUT2D eigenvalue weighted by Crippen LogP contribution is 2.25. The van der Waals surface area contributed by atoms with Crippen LogP contribution in [0.25, 0.3) is 0 Å². The number of phenolic OH excluding ortho intramolecular Hbond substituents is 1. The van der Waals surface area contributed by atoms with Gasteiger partial charge in [0.1, 0.15) is 5.75 Å². The van der Waals surface area contributed by atoms with Crippen LogP contribution in [0.3, 0.4) is 0 Å². The molecule has 0 unspecified atom stereocenters. The average molecular weight is 242 g/mol. The number of nitrogens with zero attached hydrogens (tertiary/aromatic N) is 1. The summed E-state index contributed by atoms with van der Waals surface area (Å²) in [5.74, 6) is -0.144. The first-order valence-electron chi connectivity index (χ1n) is 5.21. The Hall–Kier alpha value is -2.69. The molecule has 18 heavy (non-hydrogen) atoms. The summed E-state index contributed by atoms with van der Waals surface area (Å²) < 4.78 is 0. The van der Waals surface area contributed by atoms with Crippen LogP contribution < -0.4 is 0 Å². The number of hydrogen-bond acceptors (Lipinski definition) is 4. The van der Waals surface area contributed by atoms with E-state index in [9.17, 15) is 15.2 Å². The summed E-state index contributed by atoms with van der Waals surface area (Å²) in [6.45, 7) is 0. The molecular weight excluding hydrogens is 232 g/mol. The van der Waals surface area contributed by atoms with Crippen LogP contribution in [-0.4, -0.2) is 15.7 Å². The quantitative estimate of drug-likeness (QED) is 0.492. The van der Waals surface area contributed by atoms with Gasteiger partial charge < -0.3 is 5.11 Å². The molecule has 0 aliphatic carbocycles. The normalized spacial score (nSPS) is 10.0. The maximum Gasteiger partial charge on any atom is 0.270 e. The smallest absolute Gasteiger partial charge is 0.270 e. The van der Waals surface area contributed by atoms with Gasteiger partial charge in [0.2, 0.25) is 0 Å². The van der Waals surface area contributed by atoms with Gasteiger partial charge in [0.15, 0.2) is 0 Å². The largest absolute Gasteiger partial charge is 0.507 e. The van der Waals surface area contributed by atoms with Crippen molar-refractivity contribution in [3.8, 4) is 5.75 Å². The van der Waals surface area contributed by atoms with Crippen molar-refractivity contribution in [2.45, 2.75) is 0 Å². The number of hydrogen-bond donors (Lipinski definition) is 2. The first-order valence-corrected chi connectivity index (χ1v) is 5.21. The minimum Gasteiger partial charge on any atom is -0.507 e. The second-order valence-corrected chi connectivity index (χ2v) is 3.70. The molecule has 0 saturated heterocycles. The summed E-state index contributed by atoms with van der Waals surface area (Å²) in [6, 6.07) is 12.4. The van der Waals surface area contributed by atoms with Crippen LogP contribution in [0.5, 0.6) is 5.75 Å². The minimum atomic E-state index is -0.554. The number of phenols is 1. The molecule has 2 aromatic rings. The second kappa shape index (κ2) is 4.67. The fourth-order valence-electron chi connectivity index (χ4n) is 1.60. The van der Waals surface area contributed by atoms with Crippen molar-refractivity contribution < 1.29 is 10.0 Å². The number of non-ortho nitro benzene ring substituents is 1. The lowest BCUT2D eigenvalue weighted by molar-refractivity contribution is -0.384. The zero-order valence-electron chi connectivity index (χ0n) is 9.33. The third-order valence-corrected chi connectivity index (χ3v) is 2.52. The number of nitro benzene ring substituents is 1. The fourth-order valence-corrected chi connectivity index (χ4v) is 1.60. The number of nitro groups is 1. The molecule has 2 N–H and O–H groups in total. The van der Waals surface area contributed by atoms with E-state index in [4.69, 9.17) is 5.41 Å². The molecule has 2 aromatic carbocycles. The monoisotopic (exact) mass is 242 g/mol. The van der Waals surface area contributed by atoms with Crippen LogP contribution in [0.1, 0.15) is 11.1 Å². The number of rotatable bonds is 3. The van der Waals surface area contributed by atoms with Crippen molar-refractivity contribution in [2.24, 2.45) is 0 Å². The Morgan fingerprint density at radius 1 is 1.17 bits per heavy atom. The maximum atomic E-state index is 10.7. The SMILES string of the molecule is N=C(c1ccccc1)c1cc([N+](=O)[O-])ccc1O. The Morgan fingerprint density at radius 3 is 2.44 bits per heavy atom. The first kappa shape index (κ1) is 11.8. The zero-order valence-corrected chi connectivity index (χ0v) is 9.33. The molecule has 0 aromatic heterocycles. The molecular formula is C13H10N2O3. The highest BCUT2D eigenvalue weighted by atomic mass is 16.6. The van der Waals surface area contributed by atoms with Crippen molar-refractivity contribution >= 4 is 11.4 Å². The predicted octanol–water partition coefficient (Wildman–Crippen LogP) is 2.72. The van der Waals surface area contributed by atoms with Gasteiger partial charge in [-0.3, -0.25) is 15.5 Å². The van der Waals surface area contributed by atoms with Crippen LogP contribution >= 0.6 is 0 Å². The molecule has 0 aliphatic rings. The molecule has 5 heteroatoms. The Bertz CT molecular complexity index is 609. The molecule has 0 aliphatic heterocycles. The summed E-state index contributed by atoms with van der Waals surface area (Å²) in [5, 5.41) is 28.3. The summed E-state index contributed by atoms with van der Waals surface area (Å²) in [5.41, 5.74) is 0.643. The Balaban J connectivity index is 2.48. The molecule has 0 radical (unpaired) electrons. The predicted molar refractivity (Wildman–Crippen MR) is 67.1 cm³/mol. The van der Waals surface area contributed by atoms with Crippen LogP contribution in [0.15, 0.2) is 48.5 Å². The molecule has 0 saturated carbocycles. The third kappa shape index (κ3) is 2.20.